The molecule has 0 fully saturated rings. The Morgan fingerprint density at radius 1 is 1.64 bits per heavy atom. The van der Waals surface area contributed by atoms with Crippen LogP contribution in [0.3, 0.4) is 0 Å². The van der Waals surface area contributed by atoms with Gasteiger partial charge in [0, 0.05) is 11.9 Å². The lowest BCUT2D eigenvalue weighted by molar-refractivity contribution is 0.612. The van der Waals surface area contributed by atoms with E-state index in [2.05, 4.69) is 29.9 Å². The van der Waals surface area contributed by atoms with E-state index in [0.717, 1.165) is 18.7 Å². The Kier molecular flexibility index (Phi) is 4.33. The highest BCUT2D eigenvalue weighted by Crippen LogP contribution is 2.13. The summed E-state index contributed by atoms with van der Waals surface area (Å²) < 4.78 is 0. The zero-order valence-corrected chi connectivity index (χ0v) is 8.96. The molecular weight excluding hydrogens is 172 g/mol. The molecule has 0 radical (unpaired) electrons. The topological polar surface area (TPSA) is 24.9 Å². The van der Waals surface area contributed by atoms with Crippen molar-refractivity contribution in [1.82, 2.24) is 10.3 Å². The van der Waals surface area contributed by atoms with Crippen molar-refractivity contribution in [3.05, 3.63) is 42.2 Å². The Balaban J connectivity index is 2.73. The first kappa shape index (κ1) is 10.9. The Labute approximate surface area is 86.1 Å². The summed E-state index contributed by atoms with van der Waals surface area (Å²) in [7, 11) is 0. The molecule has 1 unspecified atom stereocenters. The Bertz CT molecular complexity index is 294. The van der Waals surface area contributed by atoms with Crippen molar-refractivity contribution in [2.24, 2.45) is 0 Å². The molecule has 0 saturated heterocycles. The fourth-order valence-corrected chi connectivity index (χ4v) is 1.40. The molecule has 0 aromatic carbocycles. The molecule has 1 atom stereocenters. The summed E-state index contributed by atoms with van der Waals surface area (Å²) in [5, 5.41) is 3.42. The van der Waals surface area contributed by atoms with Gasteiger partial charge in [0.15, 0.2) is 0 Å². The summed E-state index contributed by atoms with van der Waals surface area (Å²) in [6.07, 6.45) is 4.91. The number of nitrogens with one attached hydrogen (secondary N) is 1. The number of aryl methyl sites for hydroxylation is 1. The van der Waals surface area contributed by atoms with Gasteiger partial charge in [0.05, 0.1) is 6.04 Å². The number of hydrogen-bond acceptors (Lipinski definition) is 2. The van der Waals surface area contributed by atoms with Crippen LogP contribution in [0.4, 0.5) is 0 Å². The average molecular weight is 190 g/mol. The Morgan fingerprint density at radius 3 is 3.00 bits per heavy atom. The molecule has 1 aromatic heterocycles. The fourth-order valence-electron chi connectivity index (χ4n) is 1.40. The van der Waals surface area contributed by atoms with Crippen molar-refractivity contribution in [3.63, 3.8) is 0 Å². The highest BCUT2D eigenvalue weighted by atomic mass is 14.9. The predicted octanol–water partition coefficient (Wildman–Crippen LogP) is 2.62. The van der Waals surface area contributed by atoms with Crippen LogP contribution in [0.1, 0.15) is 30.6 Å². The van der Waals surface area contributed by atoms with Crippen LogP contribution >= 0.6 is 0 Å². The third-order valence-electron chi connectivity index (χ3n) is 2.13. The zero-order valence-electron chi connectivity index (χ0n) is 8.96. The standard InChI is InChI=1S/C12H18N2/c1-4-7-14-12(5-2)11-6-8-13-10(3)9-11/h5-6,8-9,12,14H,2,4,7H2,1,3H3. The minimum absolute atomic E-state index is 0.247. The van der Waals surface area contributed by atoms with E-state index in [0.29, 0.717) is 0 Å². The monoisotopic (exact) mass is 190 g/mol. The van der Waals surface area contributed by atoms with Crippen molar-refractivity contribution in [3.8, 4) is 0 Å². The van der Waals surface area contributed by atoms with Crippen molar-refractivity contribution >= 4 is 0 Å². The summed E-state index contributed by atoms with van der Waals surface area (Å²) in [5.74, 6) is 0. The molecule has 1 heterocycles. The van der Waals surface area contributed by atoms with Gasteiger partial charge in [-0.15, -0.1) is 6.58 Å². The van der Waals surface area contributed by atoms with E-state index in [-0.39, 0.29) is 6.04 Å². The van der Waals surface area contributed by atoms with E-state index in [4.69, 9.17) is 0 Å². The van der Waals surface area contributed by atoms with Crippen LogP contribution in [-0.4, -0.2) is 11.5 Å². The number of nitrogens with zero attached hydrogens (tertiary/aromatic N) is 1. The highest BCUT2D eigenvalue weighted by molar-refractivity contribution is 5.22. The van der Waals surface area contributed by atoms with Gasteiger partial charge in [-0.05, 0) is 37.6 Å². The summed E-state index contributed by atoms with van der Waals surface area (Å²) in [5.41, 5.74) is 2.29. The van der Waals surface area contributed by atoms with Gasteiger partial charge in [0.25, 0.3) is 0 Å². The molecule has 2 nitrogen and oxygen atoms in total. The average Bonchev–Trinajstić information content (AvgIpc) is 2.19. The molecule has 1 rings (SSSR count). The van der Waals surface area contributed by atoms with E-state index in [1.165, 1.54) is 5.56 Å². The number of aromatic nitrogens is 1. The predicted molar refractivity (Wildman–Crippen MR) is 60.2 cm³/mol. The van der Waals surface area contributed by atoms with Crippen LogP contribution in [0.5, 0.6) is 0 Å². The van der Waals surface area contributed by atoms with Gasteiger partial charge in [-0.25, -0.2) is 0 Å². The Hall–Kier alpha value is -1.15. The van der Waals surface area contributed by atoms with E-state index in [1.807, 2.05) is 25.3 Å². The normalized spacial score (nSPS) is 12.4. The molecule has 76 valence electrons. The SMILES string of the molecule is C=CC(NCCC)c1ccnc(C)c1. The van der Waals surface area contributed by atoms with E-state index >= 15 is 0 Å². The van der Waals surface area contributed by atoms with E-state index in [9.17, 15) is 0 Å². The van der Waals surface area contributed by atoms with Crippen LogP contribution in [0, 0.1) is 6.92 Å². The van der Waals surface area contributed by atoms with Crippen LogP contribution in [0.15, 0.2) is 31.0 Å². The zero-order chi connectivity index (χ0) is 10.4. The second kappa shape index (κ2) is 5.55. The lowest BCUT2D eigenvalue weighted by Gasteiger charge is -2.14. The van der Waals surface area contributed by atoms with Gasteiger partial charge in [-0.3, -0.25) is 4.98 Å². The molecule has 2 heteroatoms. The quantitative estimate of drug-likeness (QED) is 0.722. The molecule has 0 saturated carbocycles. The van der Waals surface area contributed by atoms with Crippen molar-refractivity contribution in [2.45, 2.75) is 26.3 Å². The largest absolute Gasteiger partial charge is 0.307 e. The number of rotatable bonds is 5. The summed E-state index contributed by atoms with van der Waals surface area (Å²) in [6.45, 7) is 9.01. The van der Waals surface area contributed by atoms with Gasteiger partial charge in [0.2, 0.25) is 0 Å². The first-order valence-electron chi connectivity index (χ1n) is 5.06. The van der Waals surface area contributed by atoms with E-state index < -0.39 is 0 Å². The third-order valence-corrected chi connectivity index (χ3v) is 2.13. The van der Waals surface area contributed by atoms with Gasteiger partial charge in [0.1, 0.15) is 0 Å². The van der Waals surface area contributed by atoms with Crippen LogP contribution in [0.25, 0.3) is 0 Å². The molecule has 0 spiro atoms. The van der Waals surface area contributed by atoms with Crippen molar-refractivity contribution in [1.29, 1.82) is 0 Å². The van der Waals surface area contributed by atoms with Crippen molar-refractivity contribution in [2.75, 3.05) is 6.54 Å². The number of pyridine rings is 1. The van der Waals surface area contributed by atoms with Gasteiger partial charge in [-0.1, -0.05) is 13.0 Å². The summed E-state index contributed by atoms with van der Waals surface area (Å²) in [4.78, 5) is 4.17. The third kappa shape index (κ3) is 2.96. The summed E-state index contributed by atoms with van der Waals surface area (Å²) in [6, 6.07) is 4.37. The minimum atomic E-state index is 0.247. The molecule has 0 bridgehead atoms. The minimum Gasteiger partial charge on any atom is -0.307 e. The lowest BCUT2D eigenvalue weighted by atomic mass is 10.1. The van der Waals surface area contributed by atoms with Crippen LogP contribution < -0.4 is 5.32 Å². The Morgan fingerprint density at radius 2 is 2.43 bits per heavy atom. The number of hydrogen-bond donors (Lipinski definition) is 1. The molecule has 0 aliphatic heterocycles. The van der Waals surface area contributed by atoms with Crippen LogP contribution in [0.2, 0.25) is 0 Å². The maximum Gasteiger partial charge on any atom is 0.0504 e. The molecule has 0 aliphatic rings. The lowest BCUT2D eigenvalue weighted by Crippen LogP contribution is -2.20. The first-order valence-corrected chi connectivity index (χ1v) is 5.06. The first-order chi connectivity index (χ1) is 6.77. The van der Waals surface area contributed by atoms with Gasteiger partial charge in [-0.2, -0.15) is 0 Å². The van der Waals surface area contributed by atoms with Crippen LogP contribution in [-0.2, 0) is 0 Å². The fraction of sp³-hybridized carbons (Fsp3) is 0.417. The maximum atomic E-state index is 4.17. The molecular formula is C12H18N2. The highest BCUT2D eigenvalue weighted by Gasteiger charge is 2.05. The second-order valence-corrected chi connectivity index (χ2v) is 3.40. The summed E-state index contributed by atoms with van der Waals surface area (Å²) >= 11 is 0. The molecule has 0 amide bonds. The van der Waals surface area contributed by atoms with Gasteiger partial charge < -0.3 is 5.32 Å². The second-order valence-electron chi connectivity index (χ2n) is 3.40. The molecule has 1 N–H and O–H groups in total. The van der Waals surface area contributed by atoms with Crippen molar-refractivity contribution < 1.29 is 0 Å². The van der Waals surface area contributed by atoms with Gasteiger partial charge >= 0.3 is 0 Å². The molecule has 0 aliphatic carbocycles. The maximum absolute atomic E-state index is 4.17. The molecule has 14 heavy (non-hydrogen) atoms. The van der Waals surface area contributed by atoms with E-state index in [1.54, 1.807) is 0 Å². The smallest absolute Gasteiger partial charge is 0.0504 e. The molecule has 1 aromatic rings.